The second-order valence-corrected chi connectivity index (χ2v) is 4.01. The third-order valence-electron chi connectivity index (χ3n) is 2.66. The first kappa shape index (κ1) is 13.6. The summed E-state index contributed by atoms with van der Waals surface area (Å²) in [6.45, 7) is 0. The number of nitrogens with two attached hydrogens (primary N) is 1. The van der Waals surface area contributed by atoms with Crippen molar-refractivity contribution in [2.75, 3.05) is 18.2 Å². The van der Waals surface area contributed by atoms with Crippen LogP contribution in [0.1, 0.15) is 0 Å². The number of nitrogens with zero attached hydrogens (tertiary/aromatic N) is 1. The molecule has 0 spiro atoms. The molecule has 2 aromatic carbocycles. The van der Waals surface area contributed by atoms with Crippen molar-refractivity contribution in [1.82, 2.24) is 0 Å². The van der Waals surface area contributed by atoms with E-state index in [9.17, 15) is 14.5 Å². The molecular weight excluding hydrogens is 265 g/mol. The van der Waals surface area contributed by atoms with E-state index in [1.807, 2.05) is 0 Å². The Morgan fingerprint density at radius 2 is 1.95 bits per heavy atom. The molecule has 0 atom stereocenters. The van der Waals surface area contributed by atoms with E-state index in [4.69, 9.17) is 10.5 Å². The van der Waals surface area contributed by atoms with Crippen molar-refractivity contribution in [2.45, 2.75) is 0 Å². The van der Waals surface area contributed by atoms with Crippen molar-refractivity contribution in [1.29, 1.82) is 0 Å². The topological polar surface area (TPSA) is 90.4 Å². The predicted molar refractivity (Wildman–Crippen MR) is 73.7 cm³/mol. The summed E-state index contributed by atoms with van der Waals surface area (Å²) in [6, 6.07) is 8.68. The predicted octanol–water partition coefficient (Wildman–Crippen LogP) is 3.07. The Labute approximate surface area is 114 Å². The fraction of sp³-hybridized carbons (Fsp3) is 0.0769. The molecule has 0 fully saturated rings. The average molecular weight is 277 g/mol. The molecule has 2 rings (SSSR count). The van der Waals surface area contributed by atoms with Gasteiger partial charge in [0.25, 0.3) is 5.69 Å². The maximum absolute atomic E-state index is 13.5. The van der Waals surface area contributed by atoms with Crippen LogP contribution in [-0.2, 0) is 0 Å². The maximum Gasteiger partial charge on any atom is 0.295 e. The second kappa shape index (κ2) is 5.43. The van der Waals surface area contributed by atoms with Crippen LogP contribution in [0.15, 0.2) is 36.4 Å². The fourth-order valence-electron chi connectivity index (χ4n) is 1.67. The van der Waals surface area contributed by atoms with Gasteiger partial charge in [-0.1, -0.05) is 0 Å². The first-order valence-electron chi connectivity index (χ1n) is 5.65. The number of ether oxygens (including phenoxy) is 1. The van der Waals surface area contributed by atoms with E-state index in [-0.39, 0.29) is 17.1 Å². The molecule has 0 saturated heterocycles. The van der Waals surface area contributed by atoms with E-state index in [1.165, 1.54) is 13.2 Å². The van der Waals surface area contributed by atoms with Gasteiger partial charge in [-0.3, -0.25) is 10.1 Å². The van der Waals surface area contributed by atoms with Crippen molar-refractivity contribution in [3.05, 3.63) is 52.3 Å². The van der Waals surface area contributed by atoms with Crippen molar-refractivity contribution < 1.29 is 14.1 Å². The first-order valence-corrected chi connectivity index (χ1v) is 5.65. The van der Waals surface area contributed by atoms with E-state index in [1.54, 1.807) is 24.3 Å². The Morgan fingerprint density at radius 1 is 1.30 bits per heavy atom. The normalized spacial score (nSPS) is 10.1. The van der Waals surface area contributed by atoms with Crippen LogP contribution < -0.4 is 15.8 Å². The zero-order valence-electron chi connectivity index (χ0n) is 10.6. The van der Waals surface area contributed by atoms with E-state index in [0.717, 1.165) is 6.07 Å². The highest BCUT2D eigenvalue weighted by molar-refractivity contribution is 5.72. The molecule has 0 bridgehead atoms. The minimum atomic E-state index is -0.790. The molecule has 0 aliphatic carbocycles. The number of benzene rings is 2. The number of rotatable bonds is 4. The smallest absolute Gasteiger partial charge is 0.295 e. The van der Waals surface area contributed by atoms with Crippen molar-refractivity contribution in [2.24, 2.45) is 0 Å². The summed E-state index contributed by atoms with van der Waals surface area (Å²) in [6.07, 6.45) is 0. The molecule has 2 aromatic rings. The van der Waals surface area contributed by atoms with E-state index in [0.29, 0.717) is 11.4 Å². The monoisotopic (exact) mass is 277 g/mol. The van der Waals surface area contributed by atoms with Gasteiger partial charge in [0.2, 0.25) is 0 Å². The van der Waals surface area contributed by atoms with Crippen molar-refractivity contribution in [3.63, 3.8) is 0 Å². The molecule has 20 heavy (non-hydrogen) atoms. The minimum absolute atomic E-state index is 0.0754. The number of halogens is 1. The van der Waals surface area contributed by atoms with E-state index < -0.39 is 10.7 Å². The lowest BCUT2D eigenvalue weighted by molar-refractivity contribution is -0.384. The molecule has 0 aliphatic heterocycles. The van der Waals surface area contributed by atoms with Crippen LogP contribution in [0.5, 0.6) is 5.75 Å². The van der Waals surface area contributed by atoms with Crippen LogP contribution in [0.3, 0.4) is 0 Å². The summed E-state index contributed by atoms with van der Waals surface area (Å²) >= 11 is 0. The highest BCUT2D eigenvalue weighted by Crippen LogP contribution is 2.33. The molecule has 6 nitrogen and oxygen atoms in total. The van der Waals surface area contributed by atoms with Crippen molar-refractivity contribution in [3.8, 4) is 5.75 Å². The van der Waals surface area contributed by atoms with Gasteiger partial charge in [0, 0.05) is 17.4 Å². The highest BCUT2D eigenvalue weighted by atomic mass is 19.1. The average Bonchev–Trinajstić information content (AvgIpc) is 2.42. The second-order valence-electron chi connectivity index (χ2n) is 4.01. The molecule has 0 amide bonds. The molecule has 7 heteroatoms. The SMILES string of the molecule is COc1cc(Nc2ccc(N)cc2)c([N+](=O)[O-])cc1F. The number of nitro groups is 1. The zero-order chi connectivity index (χ0) is 14.7. The third-order valence-corrected chi connectivity index (χ3v) is 2.66. The van der Waals surface area contributed by atoms with Crippen molar-refractivity contribution >= 4 is 22.7 Å². The fourth-order valence-corrected chi connectivity index (χ4v) is 1.67. The summed E-state index contributed by atoms with van der Waals surface area (Å²) in [5, 5.41) is 13.8. The van der Waals surface area contributed by atoms with E-state index >= 15 is 0 Å². The summed E-state index contributed by atoms with van der Waals surface area (Å²) in [5.41, 5.74) is 6.48. The Morgan fingerprint density at radius 3 is 2.50 bits per heavy atom. The summed E-state index contributed by atoms with van der Waals surface area (Å²) in [7, 11) is 1.29. The number of hydrogen-bond acceptors (Lipinski definition) is 5. The number of hydrogen-bond donors (Lipinski definition) is 2. The number of nitrogens with one attached hydrogen (secondary N) is 1. The van der Waals surface area contributed by atoms with Crippen LogP contribution in [0.4, 0.5) is 27.1 Å². The summed E-state index contributed by atoms with van der Waals surface area (Å²) < 4.78 is 18.3. The molecule has 0 aliphatic rings. The zero-order valence-corrected chi connectivity index (χ0v) is 10.6. The van der Waals surface area contributed by atoms with Gasteiger partial charge >= 0.3 is 0 Å². The number of methoxy groups -OCH3 is 1. The van der Waals surface area contributed by atoms with Crippen LogP contribution in [0.25, 0.3) is 0 Å². The van der Waals surface area contributed by atoms with Gasteiger partial charge in [-0.2, -0.15) is 0 Å². The maximum atomic E-state index is 13.5. The Balaban J connectivity index is 2.43. The lowest BCUT2D eigenvalue weighted by Gasteiger charge is -2.10. The molecule has 104 valence electrons. The lowest BCUT2D eigenvalue weighted by atomic mass is 10.2. The van der Waals surface area contributed by atoms with Gasteiger partial charge in [-0.15, -0.1) is 0 Å². The van der Waals surface area contributed by atoms with Gasteiger partial charge in [-0.25, -0.2) is 4.39 Å². The largest absolute Gasteiger partial charge is 0.494 e. The standard InChI is InChI=1S/C13H12FN3O3/c1-20-13-7-11(12(17(18)19)6-10(13)14)16-9-4-2-8(15)3-5-9/h2-7,16H,15H2,1H3. The Hall–Kier alpha value is -2.83. The molecular formula is C13H12FN3O3. The van der Waals surface area contributed by atoms with Gasteiger partial charge in [0.15, 0.2) is 11.6 Å². The lowest BCUT2D eigenvalue weighted by Crippen LogP contribution is -2.00. The number of anilines is 3. The molecule has 0 unspecified atom stereocenters. The first-order chi connectivity index (χ1) is 9.51. The molecule has 0 aromatic heterocycles. The van der Waals surface area contributed by atoms with Crippen LogP contribution in [-0.4, -0.2) is 12.0 Å². The highest BCUT2D eigenvalue weighted by Gasteiger charge is 2.19. The van der Waals surface area contributed by atoms with Crippen LogP contribution in [0.2, 0.25) is 0 Å². The third kappa shape index (κ3) is 2.77. The number of nitrogen functional groups attached to an aromatic ring is 1. The van der Waals surface area contributed by atoms with Gasteiger partial charge in [0.1, 0.15) is 5.69 Å². The van der Waals surface area contributed by atoms with Crippen LogP contribution >= 0.6 is 0 Å². The summed E-state index contributed by atoms with van der Waals surface area (Å²) in [4.78, 5) is 10.3. The molecule has 0 saturated carbocycles. The quantitative estimate of drug-likeness (QED) is 0.509. The molecule has 3 N–H and O–H groups in total. The number of nitro benzene ring substituents is 1. The Bertz CT molecular complexity index is 644. The molecule has 0 heterocycles. The molecule has 0 radical (unpaired) electrons. The van der Waals surface area contributed by atoms with Gasteiger partial charge in [-0.05, 0) is 24.3 Å². The Kier molecular flexibility index (Phi) is 3.69. The van der Waals surface area contributed by atoms with Crippen LogP contribution in [0, 0.1) is 15.9 Å². The van der Waals surface area contributed by atoms with Gasteiger partial charge in [0.05, 0.1) is 18.1 Å². The summed E-state index contributed by atoms with van der Waals surface area (Å²) in [5.74, 6) is -0.865. The minimum Gasteiger partial charge on any atom is -0.494 e. The van der Waals surface area contributed by atoms with E-state index in [2.05, 4.69) is 5.32 Å². The van der Waals surface area contributed by atoms with Gasteiger partial charge < -0.3 is 15.8 Å².